The molecular formula is C19H21ClN4O3S. The Bertz CT molecular complexity index is 1060. The molecule has 148 valence electrons. The molecule has 7 nitrogen and oxygen atoms in total. The fourth-order valence-corrected chi connectivity index (χ4v) is 4.46. The molecule has 4 rings (SSSR count). The summed E-state index contributed by atoms with van der Waals surface area (Å²) in [5, 5.41) is 1.53. The van der Waals surface area contributed by atoms with E-state index in [4.69, 9.17) is 26.1 Å². The van der Waals surface area contributed by atoms with Crippen molar-refractivity contribution in [3.63, 3.8) is 0 Å². The van der Waals surface area contributed by atoms with Crippen LogP contribution < -0.4 is 10.5 Å². The van der Waals surface area contributed by atoms with Gasteiger partial charge < -0.3 is 18.9 Å². The normalized spacial score (nSPS) is 14.8. The number of anilines is 1. The number of methoxy groups -OCH3 is 1. The maximum atomic E-state index is 12.6. The summed E-state index contributed by atoms with van der Waals surface area (Å²) in [6, 6.07) is 5.82. The minimum atomic E-state index is -0.266. The first kappa shape index (κ1) is 19.3. The topological polar surface area (TPSA) is 69.5 Å². The monoisotopic (exact) mass is 420 g/mol. The quantitative estimate of drug-likeness (QED) is 0.632. The minimum Gasteiger partial charge on any atom is -0.378 e. The summed E-state index contributed by atoms with van der Waals surface area (Å²) in [6.45, 7) is 5.58. The van der Waals surface area contributed by atoms with Crippen molar-refractivity contribution in [2.24, 2.45) is 0 Å². The molecule has 1 fully saturated rings. The molecule has 0 N–H and O–H groups in total. The van der Waals surface area contributed by atoms with Crippen LogP contribution in [0.1, 0.15) is 17.0 Å². The SMILES string of the molecule is COCc1nc(=O)c2sc(N3CCOCC3)nc2n1Cc1cccc(Cl)c1C. The summed E-state index contributed by atoms with van der Waals surface area (Å²) in [7, 11) is 1.59. The van der Waals surface area contributed by atoms with Crippen LogP contribution in [0, 0.1) is 6.92 Å². The van der Waals surface area contributed by atoms with Crippen LogP contribution in [0.2, 0.25) is 5.02 Å². The van der Waals surface area contributed by atoms with Crippen molar-refractivity contribution in [2.45, 2.75) is 20.1 Å². The van der Waals surface area contributed by atoms with E-state index in [0.717, 1.165) is 29.3 Å². The zero-order valence-electron chi connectivity index (χ0n) is 15.8. The molecule has 1 saturated heterocycles. The van der Waals surface area contributed by atoms with E-state index in [1.165, 1.54) is 11.3 Å². The third-order valence-corrected chi connectivity index (χ3v) is 6.36. The third kappa shape index (κ3) is 3.65. The van der Waals surface area contributed by atoms with E-state index >= 15 is 0 Å². The van der Waals surface area contributed by atoms with E-state index in [9.17, 15) is 4.79 Å². The maximum absolute atomic E-state index is 12.6. The Morgan fingerprint density at radius 1 is 1.29 bits per heavy atom. The van der Waals surface area contributed by atoms with Gasteiger partial charge >= 0.3 is 0 Å². The van der Waals surface area contributed by atoms with Gasteiger partial charge in [-0.2, -0.15) is 4.98 Å². The zero-order valence-corrected chi connectivity index (χ0v) is 17.3. The van der Waals surface area contributed by atoms with Crippen LogP contribution >= 0.6 is 22.9 Å². The molecular weight excluding hydrogens is 400 g/mol. The van der Waals surface area contributed by atoms with Crippen molar-refractivity contribution in [3.05, 3.63) is 50.5 Å². The average molecular weight is 421 g/mol. The molecule has 28 heavy (non-hydrogen) atoms. The van der Waals surface area contributed by atoms with Gasteiger partial charge in [-0.1, -0.05) is 35.1 Å². The molecule has 1 aliphatic rings. The van der Waals surface area contributed by atoms with Crippen LogP contribution in [-0.2, 0) is 22.6 Å². The van der Waals surface area contributed by atoms with Crippen molar-refractivity contribution >= 4 is 38.4 Å². The van der Waals surface area contributed by atoms with Gasteiger partial charge in [0.2, 0.25) is 0 Å². The number of thiazole rings is 1. The summed E-state index contributed by atoms with van der Waals surface area (Å²) in [5.74, 6) is 0.554. The Hall–Kier alpha value is -2.00. The van der Waals surface area contributed by atoms with Gasteiger partial charge in [0.15, 0.2) is 10.8 Å². The van der Waals surface area contributed by atoms with E-state index in [-0.39, 0.29) is 12.2 Å². The zero-order chi connectivity index (χ0) is 19.7. The van der Waals surface area contributed by atoms with Crippen molar-refractivity contribution < 1.29 is 9.47 Å². The molecule has 1 aromatic carbocycles. The summed E-state index contributed by atoms with van der Waals surface area (Å²) in [5.41, 5.74) is 2.43. The fourth-order valence-electron chi connectivity index (χ4n) is 3.26. The summed E-state index contributed by atoms with van der Waals surface area (Å²) < 4.78 is 13.2. The molecule has 0 atom stereocenters. The summed E-state index contributed by atoms with van der Waals surface area (Å²) in [4.78, 5) is 23.9. The van der Waals surface area contributed by atoms with Gasteiger partial charge in [0, 0.05) is 25.2 Å². The van der Waals surface area contributed by atoms with Crippen LogP contribution in [0.3, 0.4) is 0 Å². The van der Waals surface area contributed by atoms with Crippen LogP contribution in [0.5, 0.6) is 0 Å². The van der Waals surface area contributed by atoms with E-state index in [0.29, 0.717) is 41.0 Å². The Labute approximate surface area is 171 Å². The third-order valence-electron chi connectivity index (χ3n) is 4.85. The van der Waals surface area contributed by atoms with Crippen molar-refractivity contribution in [3.8, 4) is 0 Å². The van der Waals surface area contributed by atoms with Crippen molar-refractivity contribution in [2.75, 3.05) is 38.3 Å². The Kier molecular flexibility index (Phi) is 5.63. The Morgan fingerprint density at radius 3 is 2.82 bits per heavy atom. The molecule has 3 heterocycles. The fraction of sp³-hybridized carbons (Fsp3) is 0.421. The van der Waals surface area contributed by atoms with Crippen molar-refractivity contribution in [1.82, 2.24) is 14.5 Å². The lowest BCUT2D eigenvalue weighted by Gasteiger charge is -2.25. The number of aromatic nitrogens is 3. The standard InChI is InChI=1S/C19H21ClN4O3S/c1-12-13(4-3-5-14(12)20)10-24-15(11-26-2)21-18(25)16-17(24)22-19(28-16)23-6-8-27-9-7-23/h3-5H,6-11H2,1-2H3. The number of ether oxygens (including phenoxy) is 2. The lowest BCUT2D eigenvalue weighted by atomic mass is 10.1. The number of rotatable bonds is 5. The van der Waals surface area contributed by atoms with Gasteiger partial charge in [0.25, 0.3) is 5.56 Å². The first-order valence-electron chi connectivity index (χ1n) is 9.04. The Morgan fingerprint density at radius 2 is 2.07 bits per heavy atom. The van der Waals surface area contributed by atoms with E-state index < -0.39 is 0 Å². The van der Waals surface area contributed by atoms with Gasteiger partial charge in [0.05, 0.1) is 19.8 Å². The molecule has 0 saturated carbocycles. The number of benzene rings is 1. The van der Waals surface area contributed by atoms with Crippen molar-refractivity contribution in [1.29, 1.82) is 0 Å². The second-order valence-corrected chi connectivity index (χ2v) is 8.01. The smallest absolute Gasteiger partial charge is 0.292 e. The van der Waals surface area contributed by atoms with Gasteiger partial charge in [-0.05, 0) is 24.1 Å². The summed E-state index contributed by atoms with van der Waals surface area (Å²) in [6.07, 6.45) is 0. The molecule has 0 unspecified atom stereocenters. The first-order chi connectivity index (χ1) is 13.6. The van der Waals surface area contributed by atoms with Gasteiger partial charge in [-0.15, -0.1) is 0 Å². The predicted octanol–water partition coefficient (Wildman–Crippen LogP) is 2.85. The Balaban J connectivity index is 1.85. The van der Waals surface area contributed by atoms with E-state index in [2.05, 4.69) is 9.88 Å². The minimum absolute atomic E-state index is 0.231. The highest BCUT2D eigenvalue weighted by Gasteiger charge is 2.21. The molecule has 0 aliphatic carbocycles. The number of fused-ring (bicyclic) bond motifs is 1. The maximum Gasteiger partial charge on any atom is 0.292 e. The van der Waals surface area contributed by atoms with Gasteiger partial charge in [-0.25, -0.2) is 4.98 Å². The molecule has 0 amide bonds. The molecule has 9 heteroatoms. The molecule has 0 spiro atoms. The van der Waals surface area contributed by atoms with Crippen LogP contribution in [-0.4, -0.2) is 47.9 Å². The second kappa shape index (κ2) is 8.16. The highest BCUT2D eigenvalue weighted by molar-refractivity contribution is 7.22. The van der Waals surface area contributed by atoms with E-state index in [1.807, 2.05) is 29.7 Å². The molecule has 3 aromatic rings. The predicted molar refractivity (Wildman–Crippen MR) is 111 cm³/mol. The molecule has 0 radical (unpaired) electrons. The molecule has 1 aliphatic heterocycles. The highest BCUT2D eigenvalue weighted by Crippen LogP contribution is 2.29. The number of morpholine rings is 1. The average Bonchev–Trinajstić information content (AvgIpc) is 3.15. The first-order valence-corrected chi connectivity index (χ1v) is 10.2. The number of hydrogen-bond donors (Lipinski definition) is 0. The molecule has 2 aromatic heterocycles. The highest BCUT2D eigenvalue weighted by atomic mass is 35.5. The van der Waals surface area contributed by atoms with Gasteiger partial charge in [-0.3, -0.25) is 4.79 Å². The van der Waals surface area contributed by atoms with Crippen LogP contribution in [0.25, 0.3) is 10.3 Å². The van der Waals surface area contributed by atoms with Crippen LogP contribution in [0.15, 0.2) is 23.0 Å². The second-order valence-electron chi connectivity index (χ2n) is 6.62. The lowest BCUT2D eigenvalue weighted by molar-refractivity contribution is 0.122. The van der Waals surface area contributed by atoms with E-state index in [1.54, 1.807) is 7.11 Å². The number of hydrogen-bond acceptors (Lipinski definition) is 7. The number of halogens is 1. The largest absolute Gasteiger partial charge is 0.378 e. The van der Waals surface area contributed by atoms with Gasteiger partial charge in [0.1, 0.15) is 17.1 Å². The summed E-state index contributed by atoms with van der Waals surface area (Å²) >= 11 is 7.68. The number of nitrogens with zero attached hydrogens (tertiary/aromatic N) is 4. The lowest BCUT2D eigenvalue weighted by Crippen LogP contribution is -2.36. The van der Waals surface area contributed by atoms with Crippen LogP contribution in [0.4, 0.5) is 5.13 Å². The molecule has 0 bridgehead atoms.